The van der Waals surface area contributed by atoms with Crippen molar-refractivity contribution in [1.29, 1.82) is 0 Å². The lowest BCUT2D eigenvalue weighted by molar-refractivity contribution is -0.139. The zero-order chi connectivity index (χ0) is 12.5. The van der Waals surface area contributed by atoms with Crippen molar-refractivity contribution in [2.24, 2.45) is 0 Å². The normalized spacial score (nSPS) is 17.2. The van der Waals surface area contributed by atoms with Gasteiger partial charge in [0.1, 0.15) is 0 Å². The highest BCUT2D eigenvalue weighted by molar-refractivity contribution is 7.08. The number of carboxylic acid groups (broad SMARTS) is 1. The standard InChI is InChI=1S/C12H15NO3S/c1-8-6-17-7-9(8)11(16)13-12(3-2-4-12)5-10(14)15/h6-7H,2-5H2,1H3,(H,13,16)(H,14,15). The number of nitrogens with one attached hydrogen (secondary N) is 1. The summed E-state index contributed by atoms with van der Waals surface area (Å²) in [5.41, 5.74) is 1.08. The Balaban J connectivity index is 2.07. The number of carbonyl (C=O) groups excluding carboxylic acids is 1. The fraction of sp³-hybridized carbons (Fsp3) is 0.500. The molecule has 0 aliphatic heterocycles. The molecule has 0 atom stereocenters. The van der Waals surface area contributed by atoms with Crippen LogP contribution in [0.15, 0.2) is 10.8 Å². The van der Waals surface area contributed by atoms with Crippen LogP contribution in [0.1, 0.15) is 41.6 Å². The van der Waals surface area contributed by atoms with Gasteiger partial charge in [0.25, 0.3) is 5.91 Å². The van der Waals surface area contributed by atoms with E-state index in [4.69, 9.17) is 5.11 Å². The van der Waals surface area contributed by atoms with Crippen LogP contribution in [0.5, 0.6) is 0 Å². The van der Waals surface area contributed by atoms with Crippen LogP contribution in [-0.4, -0.2) is 22.5 Å². The first-order valence-corrected chi connectivity index (χ1v) is 6.54. The van der Waals surface area contributed by atoms with Gasteiger partial charge in [-0.3, -0.25) is 9.59 Å². The second kappa shape index (κ2) is 4.49. The van der Waals surface area contributed by atoms with Crippen LogP contribution in [0, 0.1) is 6.92 Å². The summed E-state index contributed by atoms with van der Waals surface area (Å²) in [6, 6.07) is 0. The van der Waals surface area contributed by atoms with Gasteiger partial charge in [0, 0.05) is 5.38 Å². The maximum atomic E-state index is 12.0. The second-order valence-electron chi connectivity index (χ2n) is 4.63. The van der Waals surface area contributed by atoms with Crippen molar-refractivity contribution in [2.45, 2.75) is 38.1 Å². The third-order valence-corrected chi connectivity index (χ3v) is 4.14. The predicted molar refractivity (Wildman–Crippen MR) is 65.4 cm³/mol. The van der Waals surface area contributed by atoms with Gasteiger partial charge in [-0.15, -0.1) is 0 Å². The van der Waals surface area contributed by atoms with Crippen LogP contribution in [0.2, 0.25) is 0 Å². The highest BCUT2D eigenvalue weighted by Gasteiger charge is 2.40. The summed E-state index contributed by atoms with van der Waals surface area (Å²) in [6.07, 6.45) is 2.51. The molecule has 5 heteroatoms. The minimum atomic E-state index is -0.855. The third kappa shape index (κ3) is 2.49. The fourth-order valence-electron chi connectivity index (χ4n) is 2.14. The lowest BCUT2D eigenvalue weighted by Gasteiger charge is -2.41. The van der Waals surface area contributed by atoms with Crippen molar-refractivity contribution in [2.75, 3.05) is 0 Å². The van der Waals surface area contributed by atoms with Crippen molar-refractivity contribution < 1.29 is 14.7 Å². The number of carbonyl (C=O) groups is 2. The van der Waals surface area contributed by atoms with Crippen LogP contribution < -0.4 is 5.32 Å². The highest BCUT2D eigenvalue weighted by atomic mass is 32.1. The monoisotopic (exact) mass is 253 g/mol. The first-order valence-electron chi connectivity index (χ1n) is 5.59. The molecular formula is C12H15NO3S. The topological polar surface area (TPSA) is 66.4 Å². The Morgan fingerprint density at radius 1 is 1.47 bits per heavy atom. The number of hydrogen-bond acceptors (Lipinski definition) is 3. The molecule has 0 saturated heterocycles. The first-order chi connectivity index (χ1) is 8.02. The molecule has 0 radical (unpaired) electrons. The lowest BCUT2D eigenvalue weighted by Crippen LogP contribution is -2.54. The Hall–Kier alpha value is -1.36. The number of rotatable bonds is 4. The summed E-state index contributed by atoms with van der Waals surface area (Å²) in [6.45, 7) is 1.88. The van der Waals surface area contributed by atoms with Crippen LogP contribution in [0.3, 0.4) is 0 Å². The van der Waals surface area contributed by atoms with E-state index in [0.29, 0.717) is 5.56 Å². The van der Waals surface area contributed by atoms with Gasteiger partial charge in [-0.05, 0) is 37.1 Å². The van der Waals surface area contributed by atoms with Gasteiger partial charge in [-0.2, -0.15) is 11.3 Å². The zero-order valence-corrected chi connectivity index (χ0v) is 10.5. The molecule has 0 aromatic carbocycles. The number of aliphatic carboxylic acids is 1. The Morgan fingerprint density at radius 3 is 2.59 bits per heavy atom. The molecule has 1 aliphatic carbocycles. The number of thiophene rings is 1. The average molecular weight is 253 g/mol. The van der Waals surface area contributed by atoms with Gasteiger partial charge in [0.15, 0.2) is 0 Å². The Bertz CT molecular complexity index is 448. The van der Waals surface area contributed by atoms with E-state index in [9.17, 15) is 9.59 Å². The van der Waals surface area contributed by atoms with Crippen LogP contribution in [0.4, 0.5) is 0 Å². The number of aryl methyl sites for hydroxylation is 1. The minimum absolute atomic E-state index is 0.0158. The minimum Gasteiger partial charge on any atom is -0.481 e. The molecule has 1 fully saturated rings. The fourth-order valence-corrected chi connectivity index (χ4v) is 2.97. The van der Waals surface area contributed by atoms with Gasteiger partial charge in [0.05, 0.1) is 17.5 Å². The van der Waals surface area contributed by atoms with Crippen molar-refractivity contribution in [3.63, 3.8) is 0 Å². The molecule has 92 valence electrons. The van der Waals surface area contributed by atoms with E-state index < -0.39 is 11.5 Å². The van der Waals surface area contributed by atoms with E-state index in [1.807, 2.05) is 12.3 Å². The van der Waals surface area contributed by atoms with E-state index >= 15 is 0 Å². The quantitative estimate of drug-likeness (QED) is 0.864. The Labute approximate surface area is 104 Å². The van der Waals surface area contributed by atoms with Gasteiger partial charge in [-0.1, -0.05) is 0 Å². The van der Waals surface area contributed by atoms with Gasteiger partial charge >= 0.3 is 5.97 Å². The molecule has 1 amide bonds. The molecule has 2 N–H and O–H groups in total. The van der Waals surface area contributed by atoms with E-state index in [-0.39, 0.29) is 12.3 Å². The molecule has 1 aromatic heterocycles. The average Bonchev–Trinajstić information content (AvgIpc) is 2.60. The molecule has 1 aromatic rings. The Kier molecular flexibility index (Phi) is 3.19. The van der Waals surface area contributed by atoms with E-state index in [1.54, 1.807) is 5.38 Å². The van der Waals surface area contributed by atoms with Crippen molar-refractivity contribution in [1.82, 2.24) is 5.32 Å². The smallest absolute Gasteiger partial charge is 0.305 e. The molecule has 1 heterocycles. The lowest BCUT2D eigenvalue weighted by atomic mass is 9.74. The number of hydrogen-bond donors (Lipinski definition) is 2. The van der Waals surface area contributed by atoms with Crippen molar-refractivity contribution >= 4 is 23.2 Å². The number of carboxylic acids is 1. The molecule has 0 spiro atoms. The van der Waals surface area contributed by atoms with Crippen LogP contribution in [0.25, 0.3) is 0 Å². The first kappa shape index (κ1) is 12.1. The van der Waals surface area contributed by atoms with Crippen molar-refractivity contribution in [3.8, 4) is 0 Å². The highest BCUT2D eigenvalue weighted by Crippen LogP contribution is 2.35. The second-order valence-corrected chi connectivity index (χ2v) is 5.37. The largest absolute Gasteiger partial charge is 0.481 e. The molecule has 4 nitrogen and oxygen atoms in total. The maximum absolute atomic E-state index is 12.0. The number of amides is 1. The molecule has 0 bridgehead atoms. The third-order valence-electron chi connectivity index (χ3n) is 3.28. The van der Waals surface area contributed by atoms with Crippen LogP contribution in [-0.2, 0) is 4.79 Å². The summed E-state index contributed by atoms with van der Waals surface area (Å²) in [5.74, 6) is -1.00. The summed E-state index contributed by atoms with van der Waals surface area (Å²) in [7, 11) is 0. The summed E-state index contributed by atoms with van der Waals surface area (Å²) in [4.78, 5) is 22.8. The summed E-state index contributed by atoms with van der Waals surface area (Å²) in [5, 5.41) is 15.5. The summed E-state index contributed by atoms with van der Waals surface area (Å²) < 4.78 is 0. The molecule has 17 heavy (non-hydrogen) atoms. The van der Waals surface area contributed by atoms with Crippen LogP contribution >= 0.6 is 11.3 Å². The summed E-state index contributed by atoms with van der Waals surface area (Å²) >= 11 is 1.48. The molecule has 1 aliphatic rings. The molecule has 0 unspecified atom stereocenters. The van der Waals surface area contributed by atoms with Crippen molar-refractivity contribution in [3.05, 3.63) is 21.9 Å². The predicted octanol–water partition coefficient (Wildman–Crippen LogP) is 2.18. The zero-order valence-electron chi connectivity index (χ0n) is 9.66. The van der Waals surface area contributed by atoms with E-state index in [1.165, 1.54) is 11.3 Å². The molecular weight excluding hydrogens is 238 g/mol. The molecule has 1 saturated carbocycles. The van der Waals surface area contributed by atoms with E-state index in [2.05, 4.69) is 5.32 Å². The SMILES string of the molecule is Cc1cscc1C(=O)NC1(CC(=O)O)CCC1. The Morgan fingerprint density at radius 2 is 2.18 bits per heavy atom. The van der Waals surface area contributed by atoms with Gasteiger partial charge in [0.2, 0.25) is 0 Å². The van der Waals surface area contributed by atoms with E-state index in [0.717, 1.165) is 24.8 Å². The molecule has 2 rings (SSSR count). The van der Waals surface area contributed by atoms with Gasteiger partial charge in [-0.25, -0.2) is 0 Å². The van der Waals surface area contributed by atoms with Gasteiger partial charge < -0.3 is 10.4 Å². The maximum Gasteiger partial charge on any atom is 0.305 e.